The number of para-hydroxylation sites is 1. The average molecular weight is 401 g/mol. The molecule has 2 aromatic rings. The summed E-state index contributed by atoms with van der Waals surface area (Å²) >= 11 is 11.9. The van der Waals surface area contributed by atoms with Gasteiger partial charge >= 0.3 is 0 Å². The van der Waals surface area contributed by atoms with E-state index in [-0.39, 0.29) is 22.3 Å². The van der Waals surface area contributed by atoms with Crippen LogP contribution in [0, 0.1) is 13.8 Å². The van der Waals surface area contributed by atoms with E-state index in [1.54, 1.807) is 0 Å². The molecule has 0 fully saturated rings. The Hall–Kier alpha value is -1.76. The van der Waals surface area contributed by atoms with Crippen molar-refractivity contribution in [2.75, 3.05) is 22.4 Å². The van der Waals surface area contributed by atoms with Crippen molar-refractivity contribution >= 4 is 50.5 Å². The van der Waals surface area contributed by atoms with Crippen molar-refractivity contribution in [2.24, 2.45) is 0 Å². The molecule has 0 aliphatic heterocycles. The maximum absolute atomic E-state index is 12.4. The second kappa shape index (κ2) is 7.64. The second-order valence-electron chi connectivity index (χ2n) is 5.71. The molecule has 0 aromatic heterocycles. The lowest BCUT2D eigenvalue weighted by atomic mass is 10.1. The van der Waals surface area contributed by atoms with Crippen LogP contribution in [0.4, 0.5) is 11.4 Å². The van der Waals surface area contributed by atoms with Crippen LogP contribution in [0.3, 0.4) is 0 Å². The molecule has 5 nitrogen and oxygen atoms in total. The van der Waals surface area contributed by atoms with Crippen molar-refractivity contribution in [3.8, 4) is 0 Å². The number of benzene rings is 2. The molecule has 8 heteroatoms. The molecular formula is C17H18Cl2N2O3S. The molecule has 1 N–H and O–H groups in total. The maximum Gasteiger partial charge on any atom is 0.245 e. The molecule has 25 heavy (non-hydrogen) atoms. The smallest absolute Gasteiger partial charge is 0.245 e. The van der Waals surface area contributed by atoms with Crippen LogP contribution in [0.1, 0.15) is 11.1 Å². The highest BCUT2D eigenvalue weighted by Crippen LogP contribution is 2.27. The third-order valence-electron chi connectivity index (χ3n) is 3.57. The van der Waals surface area contributed by atoms with Gasteiger partial charge in [-0.15, -0.1) is 0 Å². The van der Waals surface area contributed by atoms with Gasteiger partial charge in [-0.05, 0) is 43.2 Å². The van der Waals surface area contributed by atoms with Gasteiger partial charge < -0.3 is 5.32 Å². The van der Waals surface area contributed by atoms with Crippen molar-refractivity contribution in [1.29, 1.82) is 0 Å². The Morgan fingerprint density at radius 2 is 1.60 bits per heavy atom. The van der Waals surface area contributed by atoms with Crippen LogP contribution in [-0.4, -0.2) is 27.1 Å². The third-order valence-corrected chi connectivity index (χ3v) is 5.15. The van der Waals surface area contributed by atoms with Gasteiger partial charge in [0.05, 0.1) is 11.9 Å². The monoisotopic (exact) mass is 400 g/mol. The number of sulfonamides is 1. The van der Waals surface area contributed by atoms with Gasteiger partial charge in [0.25, 0.3) is 0 Å². The summed E-state index contributed by atoms with van der Waals surface area (Å²) in [7, 11) is -3.70. The molecular weight excluding hydrogens is 383 g/mol. The van der Waals surface area contributed by atoms with E-state index in [2.05, 4.69) is 5.32 Å². The van der Waals surface area contributed by atoms with Gasteiger partial charge in [-0.3, -0.25) is 9.10 Å². The Labute approximate surface area is 157 Å². The van der Waals surface area contributed by atoms with Gasteiger partial charge in [0.2, 0.25) is 15.9 Å². The summed E-state index contributed by atoms with van der Waals surface area (Å²) in [6.45, 7) is 3.35. The molecule has 134 valence electrons. The van der Waals surface area contributed by atoms with Crippen molar-refractivity contribution in [2.45, 2.75) is 13.8 Å². The molecule has 2 aromatic carbocycles. The number of rotatable bonds is 5. The predicted octanol–water partition coefficient (Wildman–Crippen LogP) is 4.01. The van der Waals surface area contributed by atoms with Gasteiger partial charge in [-0.25, -0.2) is 8.42 Å². The Morgan fingerprint density at radius 1 is 1.08 bits per heavy atom. The zero-order chi connectivity index (χ0) is 18.8. The van der Waals surface area contributed by atoms with Crippen molar-refractivity contribution in [3.05, 3.63) is 57.6 Å². The fourth-order valence-corrected chi connectivity index (χ4v) is 3.76. The number of nitrogens with one attached hydrogen (secondary N) is 1. The molecule has 0 spiro atoms. The third kappa shape index (κ3) is 5.11. The first-order chi connectivity index (χ1) is 11.6. The number of aryl methyl sites for hydroxylation is 2. The summed E-state index contributed by atoms with van der Waals surface area (Å²) in [6, 6.07) is 10.0. The minimum absolute atomic E-state index is 0.233. The van der Waals surface area contributed by atoms with E-state index in [9.17, 15) is 13.2 Å². The van der Waals surface area contributed by atoms with Crippen molar-refractivity contribution < 1.29 is 13.2 Å². The highest BCUT2D eigenvalue weighted by Gasteiger charge is 2.22. The molecule has 0 radical (unpaired) electrons. The summed E-state index contributed by atoms with van der Waals surface area (Å²) in [4.78, 5) is 12.4. The first kappa shape index (κ1) is 19.6. The summed E-state index contributed by atoms with van der Waals surface area (Å²) < 4.78 is 25.2. The summed E-state index contributed by atoms with van der Waals surface area (Å²) in [5.74, 6) is -0.459. The molecule has 0 aliphatic rings. The molecule has 0 unspecified atom stereocenters. The standard InChI is InChI=1S/C17H18Cl2N2O3S/c1-11-5-4-6-12(2)17(11)20-16(22)10-21(25(3,23)24)15-8-13(18)7-14(19)9-15/h4-9H,10H2,1-3H3,(H,20,22). The Kier molecular flexibility index (Phi) is 5.98. The number of nitrogens with zero attached hydrogens (tertiary/aromatic N) is 1. The Balaban J connectivity index is 2.30. The molecule has 0 atom stereocenters. The number of hydrogen-bond acceptors (Lipinski definition) is 3. The number of carbonyl (C=O) groups excluding carboxylic acids is 1. The summed E-state index contributed by atoms with van der Waals surface area (Å²) in [5.41, 5.74) is 2.69. The molecule has 0 saturated carbocycles. The molecule has 1 amide bonds. The Morgan fingerprint density at radius 3 is 2.08 bits per heavy atom. The van der Waals surface area contributed by atoms with E-state index in [1.165, 1.54) is 18.2 Å². The topological polar surface area (TPSA) is 66.5 Å². The highest BCUT2D eigenvalue weighted by molar-refractivity contribution is 7.92. The average Bonchev–Trinajstić information content (AvgIpc) is 2.46. The van der Waals surface area contributed by atoms with E-state index in [1.807, 2.05) is 32.0 Å². The van der Waals surface area contributed by atoms with Gasteiger partial charge in [0.1, 0.15) is 6.54 Å². The van der Waals surface area contributed by atoms with Crippen LogP contribution < -0.4 is 9.62 Å². The fourth-order valence-electron chi connectivity index (χ4n) is 2.40. The van der Waals surface area contributed by atoms with Crippen molar-refractivity contribution in [3.63, 3.8) is 0 Å². The largest absolute Gasteiger partial charge is 0.324 e. The molecule has 0 aliphatic carbocycles. The van der Waals surface area contributed by atoms with Crippen LogP contribution in [0.5, 0.6) is 0 Å². The number of carbonyl (C=O) groups is 1. The SMILES string of the molecule is Cc1cccc(C)c1NC(=O)CN(c1cc(Cl)cc(Cl)c1)S(C)(=O)=O. The lowest BCUT2D eigenvalue weighted by Crippen LogP contribution is -2.37. The zero-order valence-corrected chi connectivity index (χ0v) is 16.3. The van der Waals surface area contributed by atoms with Gasteiger partial charge in [0, 0.05) is 15.7 Å². The normalized spacial score (nSPS) is 11.2. The lowest BCUT2D eigenvalue weighted by molar-refractivity contribution is -0.114. The van der Waals surface area contributed by atoms with Crippen LogP contribution >= 0.6 is 23.2 Å². The van der Waals surface area contributed by atoms with E-state index in [0.717, 1.165) is 21.7 Å². The number of halogens is 2. The number of anilines is 2. The minimum Gasteiger partial charge on any atom is -0.324 e. The van der Waals surface area contributed by atoms with E-state index in [0.29, 0.717) is 5.69 Å². The summed E-state index contributed by atoms with van der Waals surface area (Å²) in [6.07, 6.45) is 1.02. The fraction of sp³-hybridized carbons (Fsp3) is 0.235. The van der Waals surface area contributed by atoms with E-state index < -0.39 is 15.9 Å². The molecule has 0 heterocycles. The molecule has 2 rings (SSSR count). The quantitative estimate of drug-likeness (QED) is 0.823. The van der Waals surface area contributed by atoms with Crippen LogP contribution in [-0.2, 0) is 14.8 Å². The van der Waals surface area contributed by atoms with Crippen LogP contribution in [0.15, 0.2) is 36.4 Å². The van der Waals surface area contributed by atoms with Crippen LogP contribution in [0.2, 0.25) is 10.0 Å². The zero-order valence-electron chi connectivity index (χ0n) is 14.0. The van der Waals surface area contributed by atoms with Gasteiger partial charge in [0.15, 0.2) is 0 Å². The number of hydrogen-bond donors (Lipinski definition) is 1. The first-order valence-electron chi connectivity index (χ1n) is 7.38. The number of amides is 1. The highest BCUT2D eigenvalue weighted by atomic mass is 35.5. The molecule has 0 bridgehead atoms. The van der Waals surface area contributed by atoms with Crippen LogP contribution in [0.25, 0.3) is 0 Å². The van der Waals surface area contributed by atoms with E-state index in [4.69, 9.17) is 23.2 Å². The maximum atomic E-state index is 12.4. The van der Waals surface area contributed by atoms with Gasteiger partial charge in [-0.1, -0.05) is 41.4 Å². The summed E-state index contributed by atoms with van der Waals surface area (Å²) in [5, 5.41) is 3.34. The van der Waals surface area contributed by atoms with E-state index >= 15 is 0 Å². The predicted molar refractivity (Wildman–Crippen MR) is 103 cm³/mol. The minimum atomic E-state index is -3.70. The van der Waals surface area contributed by atoms with Gasteiger partial charge in [-0.2, -0.15) is 0 Å². The lowest BCUT2D eigenvalue weighted by Gasteiger charge is -2.23. The first-order valence-corrected chi connectivity index (χ1v) is 9.98. The van der Waals surface area contributed by atoms with Crippen molar-refractivity contribution in [1.82, 2.24) is 0 Å². The Bertz CT molecular complexity index is 874. The molecule has 0 saturated heterocycles. The second-order valence-corrected chi connectivity index (χ2v) is 8.49.